The van der Waals surface area contributed by atoms with Crippen LogP contribution in [0.3, 0.4) is 0 Å². The Kier molecular flexibility index (Phi) is 13.1. The van der Waals surface area contributed by atoms with Gasteiger partial charge in [-0.15, -0.1) is 54.1 Å². The van der Waals surface area contributed by atoms with E-state index >= 15 is 0 Å². The Hall–Kier alpha value is -7.73. The molecule has 0 radical (unpaired) electrons. The van der Waals surface area contributed by atoms with Crippen molar-refractivity contribution in [1.82, 2.24) is 14.5 Å². The van der Waals surface area contributed by atoms with E-state index in [1.54, 1.807) is 11.3 Å². The minimum absolute atomic E-state index is 0. The van der Waals surface area contributed by atoms with Crippen LogP contribution in [0.25, 0.3) is 109 Å². The topological polar surface area (TPSA) is 35.8 Å². The Labute approximate surface area is 483 Å². The van der Waals surface area contributed by atoms with E-state index in [9.17, 15) is 0 Å². The fourth-order valence-corrected chi connectivity index (χ4v) is 12.2. The molecule has 4 nitrogen and oxygen atoms in total. The molecule has 3 heterocycles. The van der Waals surface area contributed by atoms with Crippen LogP contribution < -0.4 is 9.55 Å². The van der Waals surface area contributed by atoms with E-state index < -0.39 is 6.04 Å². The van der Waals surface area contributed by atoms with Crippen molar-refractivity contribution >= 4 is 64.3 Å². The van der Waals surface area contributed by atoms with Gasteiger partial charge in [-0.2, -0.15) is 11.3 Å². The summed E-state index contributed by atoms with van der Waals surface area (Å²) in [6.07, 6.45) is 0. The number of aromatic nitrogens is 4. The molecule has 0 N–H and O–H groups in total. The molecule has 10 aromatic carbocycles. The zero-order chi connectivity index (χ0) is 57.2. The Bertz CT molecular complexity index is 4510. The minimum atomic E-state index is -0.391. The number of benzene rings is 10. The number of para-hydroxylation sites is 5. The number of imidazole rings is 2. The fraction of sp³-hybridized carbons (Fsp3) is 0.167. The van der Waals surface area contributed by atoms with Crippen LogP contribution in [0.1, 0.15) is 108 Å². The molecule has 6 heteroatoms. The van der Waals surface area contributed by atoms with E-state index in [2.05, 4.69) is 204 Å². The summed E-state index contributed by atoms with van der Waals surface area (Å²) in [6.45, 7) is 18.1. The molecule has 0 aliphatic heterocycles. The number of thiophene rings is 1. The minimum Gasteiger partial charge on any atom is -0.333 e. The second-order valence-corrected chi connectivity index (χ2v) is 22.2. The van der Waals surface area contributed by atoms with E-state index in [0.717, 1.165) is 75.8 Å². The van der Waals surface area contributed by atoms with Gasteiger partial charge in [-0.25, -0.2) is 0 Å². The predicted molar refractivity (Wildman–Crippen MR) is 326 cm³/mol. The first-order valence-electron chi connectivity index (χ1n) is 29.3. The molecule has 384 valence electrons. The molecule has 78 heavy (non-hydrogen) atoms. The number of nitrogens with zero attached hydrogens (tertiary/aromatic N) is 4. The molecule has 3 aromatic heterocycles. The van der Waals surface area contributed by atoms with Crippen LogP contribution in [0.2, 0.25) is 0 Å². The van der Waals surface area contributed by atoms with Crippen molar-refractivity contribution in [1.29, 1.82) is 0 Å². The van der Waals surface area contributed by atoms with E-state index in [4.69, 9.17) is 16.8 Å². The van der Waals surface area contributed by atoms with Crippen molar-refractivity contribution in [2.24, 2.45) is 0 Å². The molecule has 0 bridgehead atoms. The third-order valence-corrected chi connectivity index (χ3v) is 16.0. The van der Waals surface area contributed by atoms with Crippen molar-refractivity contribution in [3.8, 4) is 56.4 Å². The molecule has 0 aliphatic carbocycles. The smallest absolute Gasteiger partial charge is 0.333 e. The van der Waals surface area contributed by atoms with Gasteiger partial charge in [0.05, 0.1) is 40.6 Å². The van der Waals surface area contributed by atoms with E-state index in [-0.39, 0.29) is 61.7 Å². The molecule has 0 unspecified atom stereocenters. The number of fused-ring (bicyclic) bond motifs is 6. The summed E-state index contributed by atoms with van der Waals surface area (Å²) >= 11 is 1.70. The first kappa shape index (κ1) is 46.4. The van der Waals surface area contributed by atoms with Crippen molar-refractivity contribution in [2.45, 2.75) is 79.1 Å². The normalized spacial score (nSPS) is 12.6. The Balaban J connectivity index is 0.000000216. The van der Waals surface area contributed by atoms with Gasteiger partial charge < -0.3 is 9.13 Å². The van der Waals surface area contributed by atoms with Crippen LogP contribution in [0.4, 0.5) is 0 Å². The summed E-state index contributed by atoms with van der Waals surface area (Å²) < 4.78 is 48.4. The van der Waals surface area contributed by atoms with Gasteiger partial charge in [-0.3, -0.25) is 9.97 Å². The second-order valence-electron chi connectivity index (χ2n) is 21.2. The molecular formula is C72H62IrN4S+. The van der Waals surface area contributed by atoms with Crippen LogP contribution in [0.15, 0.2) is 206 Å². The average molecular weight is 1210 g/mol. The molecule has 0 amide bonds. The zero-order valence-electron chi connectivity index (χ0n) is 50.1. The fourth-order valence-electron chi connectivity index (χ4n) is 11.0. The molecule has 0 fully saturated rings. The first-order valence-corrected chi connectivity index (χ1v) is 27.6. The molecule has 0 spiro atoms. The van der Waals surface area contributed by atoms with Gasteiger partial charge in [0, 0.05) is 16.1 Å². The molecule has 0 saturated heterocycles. The summed E-state index contributed by atoms with van der Waals surface area (Å²) in [5, 5.41) is 4.19. The Morgan fingerprint density at radius 2 is 1.23 bits per heavy atom. The quantitative estimate of drug-likeness (QED) is 0.101. The van der Waals surface area contributed by atoms with E-state index in [1.807, 2.05) is 48.5 Å². The van der Waals surface area contributed by atoms with Gasteiger partial charge in [0.25, 0.3) is 0 Å². The average Bonchev–Trinajstić information content (AvgIpc) is 2.18. The maximum absolute atomic E-state index is 8.55. The van der Waals surface area contributed by atoms with Crippen molar-refractivity contribution in [3.63, 3.8) is 0 Å². The Morgan fingerprint density at radius 3 is 1.94 bits per heavy atom. The van der Waals surface area contributed by atoms with Gasteiger partial charge >= 0.3 is 20.1 Å². The molecule has 0 aliphatic rings. The third kappa shape index (κ3) is 9.61. The van der Waals surface area contributed by atoms with Gasteiger partial charge in [-0.1, -0.05) is 181 Å². The van der Waals surface area contributed by atoms with Gasteiger partial charge in [0.2, 0.25) is 0 Å². The summed E-state index contributed by atoms with van der Waals surface area (Å²) in [5.74, 6) is 3.14. The van der Waals surface area contributed by atoms with Gasteiger partial charge in [0.15, 0.2) is 0 Å². The molecule has 0 saturated carbocycles. The van der Waals surface area contributed by atoms with Crippen LogP contribution in [0.5, 0.6) is 0 Å². The van der Waals surface area contributed by atoms with Crippen LogP contribution in [-0.4, -0.2) is 9.55 Å². The van der Waals surface area contributed by atoms with E-state index in [0.29, 0.717) is 17.4 Å². The maximum Gasteiger partial charge on any atom is 3.00 e. The van der Waals surface area contributed by atoms with Crippen LogP contribution in [0, 0.1) is 12.1 Å². The van der Waals surface area contributed by atoms with Gasteiger partial charge in [0.1, 0.15) is 0 Å². The van der Waals surface area contributed by atoms with Gasteiger partial charge in [-0.05, 0) is 144 Å². The number of hydrogen-bond donors (Lipinski definition) is 0. The summed E-state index contributed by atoms with van der Waals surface area (Å²) in [6, 6.07) is 66.6. The summed E-state index contributed by atoms with van der Waals surface area (Å²) in [4.78, 5) is 10.3. The monoisotopic (exact) mass is 1210 g/mol. The summed E-state index contributed by atoms with van der Waals surface area (Å²) in [7, 11) is 0. The van der Waals surface area contributed by atoms with Crippen LogP contribution in [-0.2, 0) is 20.1 Å². The third-order valence-electron chi connectivity index (χ3n) is 14.8. The second kappa shape index (κ2) is 22.0. The SMILES string of the molecule is CC(C)c1cccc(C(C)C)c1-n1c(-c2[c-]cccc2)nc2ccccc21.[2H]c1c([2H])c([2H])c(-c2ccc3cc4c(cc3c2)sc2c(-c3[n-]c5ccccc5[n+]3-c3c(C(C)C)cc(-c5ccccc5)cc3C(C)C)[c-]ccc24)c([2H])c1[2H].[Ir+3]. The zero-order valence-corrected chi connectivity index (χ0v) is 48.3. The van der Waals surface area contributed by atoms with Crippen LogP contribution >= 0.6 is 11.3 Å². The van der Waals surface area contributed by atoms with Crippen molar-refractivity contribution in [3.05, 3.63) is 241 Å². The number of rotatable bonds is 10. The van der Waals surface area contributed by atoms with Crippen molar-refractivity contribution in [2.75, 3.05) is 0 Å². The Morgan fingerprint density at radius 1 is 0.551 bits per heavy atom. The largest absolute Gasteiger partial charge is 3.00 e. The molecule has 13 rings (SSSR count). The van der Waals surface area contributed by atoms with Crippen molar-refractivity contribution < 1.29 is 31.5 Å². The molecule has 13 aromatic rings. The standard InChI is InChI=1S/C47H37N2S.C25H25N2.Ir/c1-29(2)39-26-36(32-16-9-6-10-17-32)27-40(30(3)4)45(39)49-43-21-12-11-20-42(43)48-47(49)38-19-13-18-37-41-25-34-23-22-33(31-14-7-5-8-15-31)24-35(34)28-44(41)50-46(37)38;1-17(2)20-13-10-14-21(18(3)4)24(20)27-23-16-9-8-15-22(23)26-25(27)19-11-6-5-7-12-19;/h5-18,20-30H,1-4H3;5-11,13-18H,1-4H3;/q2*-1;+3/i5D,7D,8D,14D,15D;;. The number of hydrogen-bond acceptors (Lipinski definition) is 2. The summed E-state index contributed by atoms with van der Waals surface area (Å²) in [5.41, 5.74) is 16.9. The molecule has 0 atom stereocenters. The maximum atomic E-state index is 8.55. The van der Waals surface area contributed by atoms with E-state index in [1.165, 1.54) is 44.8 Å². The molecular weight excluding hydrogens is 1150 g/mol. The predicted octanol–water partition coefficient (Wildman–Crippen LogP) is 19.4. The first-order chi connectivity index (χ1) is 39.6.